The first kappa shape index (κ1) is 25.8. The summed E-state index contributed by atoms with van der Waals surface area (Å²) in [7, 11) is -1.89. The second-order valence-corrected chi connectivity index (χ2v) is 16.1. The Balaban J connectivity index is 1.57. The van der Waals surface area contributed by atoms with Crippen molar-refractivity contribution in [2.45, 2.75) is 52.0 Å². The van der Waals surface area contributed by atoms with Gasteiger partial charge in [-0.1, -0.05) is 75.4 Å². The molecule has 38 heavy (non-hydrogen) atoms. The van der Waals surface area contributed by atoms with Crippen molar-refractivity contribution in [2.75, 3.05) is 6.61 Å². The van der Waals surface area contributed by atoms with Gasteiger partial charge in [-0.05, 0) is 57.0 Å². The zero-order valence-corrected chi connectivity index (χ0v) is 23.7. The van der Waals surface area contributed by atoms with E-state index in [0.717, 1.165) is 16.6 Å². The summed E-state index contributed by atoms with van der Waals surface area (Å²) in [5.74, 6) is 0.726. The number of nitrogens with zero attached hydrogens (tertiary/aromatic N) is 5. The summed E-state index contributed by atoms with van der Waals surface area (Å²) in [6.07, 6.45) is 0. The van der Waals surface area contributed by atoms with Gasteiger partial charge < -0.3 is 14.7 Å². The minimum atomic E-state index is -1.89. The van der Waals surface area contributed by atoms with Gasteiger partial charge in [-0.25, -0.2) is 4.68 Å². The third-order valence-electron chi connectivity index (χ3n) is 7.76. The van der Waals surface area contributed by atoms with Crippen LogP contribution in [-0.2, 0) is 17.5 Å². The normalized spacial score (nSPS) is 12.4. The topological polar surface area (TPSA) is 108 Å². The summed E-state index contributed by atoms with van der Waals surface area (Å²) < 4.78 is 10.5. The Morgan fingerprint density at radius 1 is 1.00 bits per heavy atom. The van der Waals surface area contributed by atoms with Crippen molar-refractivity contribution in [3.63, 3.8) is 0 Å². The number of amidine groups is 1. The lowest BCUT2D eigenvalue weighted by Crippen LogP contribution is -2.41. The second kappa shape index (κ2) is 9.81. The maximum absolute atomic E-state index is 7.98. The zero-order valence-electron chi connectivity index (χ0n) is 22.7. The first-order chi connectivity index (χ1) is 18.0. The lowest BCUT2D eigenvalue weighted by Gasteiger charge is -2.36. The zero-order chi connectivity index (χ0) is 27.1. The Kier molecular flexibility index (Phi) is 6.66. The highest BCUT2D eigenvalue weighted by atomic mass is 28.4. The van der Waals surface area contributed by atoms with E-state index in [2.05, 4.69) is 102 Å². The van der Waals surface area contributed by atoms with Crippen LogP contribution >= 0.6 is 0 Å². The van der Waals surface area contributed by atoms with Crippen molar-refractivity contribution >= 4 is 35.8 Å². The maximum Gasteiger partial charge on any atom is 0.198 e. The molecule has 0 unspecified atom stereocenters. The van der Waals surface area contributed by atoms with E-state index in [1.165, 1.54) is 16.3 Å². The van der Waals surface area contributed by atoms with Gasteiger partial charge in [-0.3, -0.25) is 5.41 Å². The Hall–Kier alpha value is -3.82. The van der Waals surface area contributed by atoms with Gasteiger partial charge in [-0.15, -0.1) is 5.10 Å². The van der Waals surface area contributed by atoms with E-state index in [4.69, 9.17) is 15.6 Å². The SMILES string of the molecule is CC(C)(C)[Si](C)(C)OCCn1nnnc1-c1cc2ccc(C(=N)N)cc2n1Cc1cccc2ccccc12. The fraction of sp³-hybridized carbons (Fsp3) is 0.310. The van der Waals surface area contributed by atoms with Crippen LogP contribution in [0.5, 0.6) is 0 Å². The van der Waals surface area contributed by atoms with E-state index in [1.54, 1.807) is 0 Å². The molecule has 0 saturated carbocycles. The number of rotatable bonds is 8. The van der Waals surface area contributed by atoms with Crippen LogP contribution < -0.4 is 5.73 Å². The molecular weight excluding hydrogens is 490 g/mol. The van der Waals surface area contributed by atoms with Crippen molar-refractivity contribution < 1.29 is 4.43 Å². The van der Waals surface area contributed by atoms with E-state index < -0.39 is 8.32 Å². The highest BCUT2D eigenvalue weighted by Gasteiger charge is 2.37. The quantitative estimate of drug-likeness (QED) is 0.151. The average Bonchev–Trinajstić information content (AvgIpc) is 3.47. The molecule has 0 amide bonds. The minimum absolute atomic E-state index is 0.0407. The molecule has 0 fully saturated rings. The summed E-state index contributed by atoms with van der Waals surface area (Å²) in [4.78, 5) is 0. The number of benzene rings is 3. The van der Waals surface area contributed by atoms with Crippen LogP contribution in [-0.4, -0.2) is 45.5 Å². The minimum Gasteiger partial charge on any atom is -0.415 e. The van der Waals surface area contributed by atoms with Gasteiger partial charge in [0.05, 0.1) is 18.8 Å². The molecule has 0 aliphatic carbocycles. The molecule has 8 nitrogen and oxygen atoms in total. The van der Waals surface area contributed by atoms with Crippen LogP contribution in [0.4, 0.5) is 0 Å². The molecule has 0 aliphatic rings. The number of nitrogen functional groups attached to an aromatic ring is 1. The molecule has 2 heterocycles. The smallest absolute Gasteiger partial charge is 0.198 e. The Morgan fingerprint density at radius 3 is 2.53 bits per heavy atom. The summed E-state index contributed by atoms with van der Waals surface area (Å²) in [5, 5.41) is 24.3. The molecule has 0 spiro atoms. The van der Waals surface area contributed by atoms with Crippen LogP contribution in [0.25, 0.3) is 33.2 Å². The predicted molar refractivity (Wildman–Crippen MR) is 156 cm³/mol. The third kappa shape index (κ3) is 4.87. The maximum atomic E-state index is 7.98. The number of aromatic nitrogens is 5. The molecule has 9 heteroatoms. The van der Waals surface area contributed by atoms with Crippen molar-refractivity contribution in [1.29, 1.82) is 5.41 Å². The molecule has 0 saturated heterocycles. The molecule has 0 radical (unpaired) electrons. The molecule has 5 rings (SSSR count). The molecular formula is C29H35N7OSi. The van der Waals surface area contributed by atoms with E-state index in [-0.39, 0.29) is 10.9 Å². The van der Waals surface area contributed by atoms with E-state index >= 15 is 0 Å². The second-order valence-electron chi connectivity index (χ2n) is 11.3. The van der Waals surface area contributed by atoms with Crippen LogP contribution in [0.15, 0.2) is 66.7 Å². The van der Waals surface area contributed by atoms with E-state index in [0.29, 0.717) is 31.1 Å². The summed E-state index contributed by atoms with van der Waals surface area (Å²) in [6, 6.07) is 22.8. The molecule has 196 valence electrons. The van der Waals surface area contributed by atoms with Crippen LogP contribution in [0.3, 0.4) is 0 Å². The highest BCUT2D eigenvalue weighted by Crippen LogP contribution is 2.36. The summed E-state index contributed by atoms with van der Waals surface area (Å²) >= 11 is 0. The number of nitrogens with two attached hydrogens (primary N) is 1. The van der Waals surface area contributed by atoms with E-state index in [9.17, 15) is 0 Å². The molecule has 0 bridgehead atoms. The fourth-order valence-electron chi connectivity index (χ4n) is 4.52. The summed E-state index contributed by atoms with van der Waals surface area (Å²) in [5.41, 5.74) is 9.62. The third-order valence-corrected chi connectivity index (χ3v) is 12.3. The highest BCUT2D eigenvalue weighted by molar-refractivity contribution is 6.74. The van der Waals surface area contributed by atoms with E-state index in [1.807, 2.05) is 22.9 Å². The molecule has 2 aromatic heterocycles. The van der Waals surface area contributed by atoms with Crippen molar-refractivity contribution in [3.05, 3.63) is 77.9 Å². The molecule has 0 aliphatic heterocycles. The number of fused-ring (bicyclic) bond motifs is 2. The molecule has 3 N–H and O–H groups in total. The molecule has 3 aromatic carbocycles. The number of nitrogens with one attached hydrogen (secondary N) is 1. The average molecular weight is 526 g/mol. The Labute approximate surface area is 224 Å². The van der Waals surface area contributed by atoms with Gasteiger partial charge >= 0.3 is 0 Å². The lowest BCUT2D eigenvalue weighted by molar-refractivity contribution is 0.265. The van der Waals surface area contributed by atoms with Crippen LogP contribution in [0, 0.1) is 5.41 Å². The van der Waals surface area contributed by atoms with Crippen LogP contribution in [0.2, 0.25) is 18.1 Å². The van der Waals surface area contributed by atoms with Gasteiger partial charge in [0.25, 0.3) is 0 Å². The van der Waals surface area contributed by atoms with Gasteiger partial charge in [0.2, 0.25) is 0 Å². The molecule has 5 aromatic rings. The van der Waals surface area contributed by atoms with Gasteiger partial charge in [0.15, 0.2) is 14.1 Å². The monoisotopic (exact) mass is 525 g/mol. The Bertz CT molecular complexity index is 1620. The van der Waals surface area contributed by atoms with Crippen molar-refractivity contribution in [1.82, 2.24) is 24.8 Å². The number of hydrogen-bond donors (Lipinski definition) is 2. The van der Waals surface area contributed by atoms with Crippen LogP contribution in [0.1, 0.15) is 31.9 Å². The van der Waals surface area contributed by atoms with Crippen molar-refractivity contribution in [3.8, 4) is 11.5 Å². The first-order valence-corrected chi connectivity index (χ1v) is 15.8. The fourth-order valence-corrected chi connectivity index (χ4v) is 5.56. The van der Waals surface area contributed by atoms with Gasteiger partial charge in [0, 0.05) is 23.0 Å². The first-order valence-electron chi connectivity index (χ1n) is 12.9. The van der Waals surface area contributed by atoms with Gasteiger partial charge in [-0.2, -0.15) is 0 Å². The molecule has 0 atom stereocenters. The number of hydrogen-bond acceptors (Lipinski definition) is 5. The summed E-state index contributed by atoms with van der Waals surface area (Å²) in [6.45, 7) is 12.9. The Morgan fingerprint density at radius 2 is 1.76 bits per heavy atom. The standard InChI is InChI=1S/C29H35N7OSi/c1-29(2,3)38(4,5)37-16-15-36-28(32-33-34-36)26-17-21-13-14-22(27(30)31)18-25(21)35(26)19-23-11-8-10-20-9-6-7-12-24(20)23/h6-14,17-18H,15-16,19H2,1-5H3,(H3,30,31). The largest absolute Gasteiger partial charge is 0.415 e. The lowest BCUT2D eigenvalue weighted by atomic mass is 10.0. The van der Waals surface area contributed by atoms with Crippen molar-refractivity contribution in [2.24, 2.45) is 5.73 Å². The predicted octanol–water partition coefficient (Wildman–Crippen LogP) is 5.80. The number of tetrazole rings is 1. The van der Waals surface area contributed by atoms with Gasteiger partial charge in [0.1, 0.15) is 5.84 Å².